The standard InChI is InChI=1S/C13H20N2O/c1-13(2,3)12-7-11(16-10-4-5-10)6-9(8-14)15-12/h6-7,10H,4-5,8,14H2,1-3H3. The second-order valence-electron chi connectivity index (χ2n) is 5.45. The van der Waals surface area contributed by atoms with Crippen LogP contribution in [0.15, 0.2) is 12.1 Å². The quantitative estimate of drug-likeness (QED) is 0.850. The number of nitrogens with zero attached hydrogens (tertiary/aromatic N) is 1. The molecular formula is C13H20N2O. The Morgan fingerprint density at radius 3 is 2.56 bits per heavy atom. The van der Waals surface area contributed by atoms with Gasteiger partial charge in [-0.05, 0) is 12.8 Å². The first-order chi connectivity index (χ1) is 7.49. The molecule has 0 aliphatic heterocycles. The summed E-state index contributed by atoms with van der Waals surface area (Å²) in [5.41, 5.74) is 7.65. The van der Waals surface area contributed by atoms with Gasteiger partial charge >= 0.3 is 0 Å². The maximum Gasteiger partial charge on any atom is 0.123 e. The van der Waals surface area contributed by atoms with E-state index in [-0.39, 0.29) is 5.41 Å². The Balaban J connectivity index is 2.29. The van der Waals surface area contributed by atoms with Crippen LogP contribution in [-0.2, 0) is 12.0 Å². The van der Waals surface area contributed by atoms with E-state index >= 15 is 0 Å². The molecule has 2 N–H and O–H groups in total. The van der Waals surface area contributed by atoms with E-state index in [1.807, 2.05) is 12.1 Å². The molecule has 0 saturated heterocycles. The van der Waals surface area contributed by atoms with Gasteiger partial charge in [0, 0.05) is 29.8 Å². The molecule has 1 fully saturated rings. The molecule has 0 radical (unpaired) electrons. The van der Waals surface area contributed by atoms with Crippen LogP contribution in [0.2, 0.25) is 0 Å². The average molecular weight is 220 g/mol. The first-order valence-corrected chi connectivity index (χ1v) is 5.87. The number of pyridine rings is 1. The molecule has 1 aliphatic rings. The summed E-state index contributed by atoms with van der Waals surface area (Å²) in [5, 5.41) is 0. The molecular weight excluding hydrogens is 200 g/mol. The van der Waals surface area contributed by atoms with Crippen molar-refractivity contribution in [3.63, 3.8) is 0 Å². The Morgan fingerprint density at radius 2 is 2.06 bits per heavy atom. The van der Waals surface area contributed by atoms with Crippen LogP contribution in [0.5, 0.6) is 5.75 Å². The highest BCUT2D eigenvalue weighted by Crippen LogP contribution is 2.30. The van der Waals surface area contributed by atoms with Crippen LogP contribution in [0.25, 0.3) is 0 Å². The largest absolute Gasteiger partial charge is 0.490 e. The molecule has 2 rings (SSSR count). The van der Waals surface area contributed by atoms with E-state index in [1.54, 1.807) is 0 Å². The molecule has 1 heterocycles. The van der Waals surface area contributed by atoms with Crippen molar-refractivity contribution in [3.05, 3.63) is 23.5 Å². The van der Waals surface area contributed by atoms with Crippen LogP contribution >= 0.6 is 0 Å². The summed E-state index contributed by atoms with van der Waals surface area (Å²) < 4.78 is 5.81. The summed E-state index contributed by atoms with van der Waals surface area (Å²) in [6, 6.07) is 3.99. The van der Waals surface area contributed by atoms with E-state index in [1.165, 1.54) is 12.8 Å². The minimum atomic E-state index is 0.0346. The van der Waals surface area contributed by atoms with Gasteiger partial charge in [0.2, 0.25) is 0 Å². The fourth-order valence-corrected chi connectivity index (χ4v) is 1.50. The fraction of sp³-hybridized carbons (Fsp3) is 0.615. The van der Waals surface area contributed by atoms with E-state index in [9.17, 15) is 0 Å². The minimum absolute atomic E-state index is 0.0346. The molecule has 3 heteroatoms. The highest BCUT2D eigenvalue weighted by atomic mass is 16.5. The van der Waals surface area contributed by atoms with Gasteiger partial charge in [0.05, 0.1) is 11.8 Å². The Hall–Kier alpha value is -1.09. The van der Waals surface area contributed by atoms with Crippen LogP contribution in [-0.4, -0.2) is 11.1 Å². The fourth-order valence-electron chi connectivity index (χ4n) is 1.50. The van der Waals surface area contributed by atoms with Crippen molar-refractivity contribution in [2.24, 2.45) is 5.73 Å². The first kappa shape index (κ1) is 11.4. The second kappa shape index (κ2) is 4.06. The molecule has 0 aromatic carbocycles. The molecule has 0 spiro atoms. The summed E-state index contributed by atoms with van der Waals surface area (Å²) in [6.07, 6.45) is 2.76. The third kappa shape index (κ3) is 2.73. The Bertz CT molecular complexity index is 378. The zero-order chi connectivity index (χ0) is 11.8. The first-order valence-electron chi connectivity index (χ1n) is 5.87. The SMILES string of the molecule is CC(C)(C)c1cc(OC2CC2)cc(CN)n1. The number of nitrogens with two attached hydrogens (primary N) is 1. The molecule has 3 nitrogen and oxygen atoms in total. The molecule has 0 bridgehead atoms. The molecule has 1 aromatic rings. The van der Waals surface area contributed by atoms with Crippen LogP contribution in [0.4, 0.5) is 0 Å². The molecule has 0 amide bonds. The second-order valence-corrected chi connectivity index (χ2v) is 5.45. The smallest absolute Gasteiger partial charge is 0.123 e. The predicted octanol–water partition coefficient (Wildman–Crippen LogP) is 2.38. The van der Waals surface area contributed by atoms with Gasteiger partial charge in [-0.2, -0.15) is 0 Å². The van der Waals surface area contributed by atoms with Gasteiger partial charge in [-0.1, -0.05) is 20.8 Å². The van der Waals surface area contributed by atoms with Crippen molar-refractivity contribution in [1.29, 1.82) is 0 Å². The van der Waals surface area contributed by atoms with Gasteiger partial charge in [0.15, 0.2) is 0 Å². The number of hydrogen-bond donors (Lipinski definition) is 1. The van der Waals surface area contributed by atoms with Crippen molar-refractivity contribution in [1.82, 2.24) is 4.98 Å². The Labute approximate surface area is 97.0 Å². The van der Waals surface area contributed by atoms with Crippen molar-refractivity contribution in [2.45, 2.75) is 51.7 Å². The van der Waals surface area contributed by atoms with Crippen molar-refractivity contribution >= 4 is 0 Å². The van der Waals surface area contributed by atoms with E-state index in [4.69, 9.17) is 10.5 Å². The van der Waals surface area contributed by atoms with E-state index in [2.05, 4.69) is 25.8 Å². The highest BCUT2D eigenvalue weighted by molar-refractivity contribution is 5.31. The lowest BCUT2D eigenvalue weighted by atomic mass is 9.91. The lowest BCUT2D eigenvalue weighted by molar-refractivity contribution is 0.301. The molecule has 1 aromatic heterocycles. The van der Waals surface area contributed by atoms with Gasteiger partial charge in [-0.15, -0.1) is 0 Å². The normalized spacial score (nSPS) is 16.2. The summed E-state index contributed by atoms with van der Waals surface area (Å²) in [6.45, 7) is 6.91. The third-order valence-corrected chi connectivity index (χ3v) is 2.66. The topological polar surface area (TPSA) is 48.1 Å². The maximum atomic E-state index is 5.81. The zero-order valence-electron chi connectivity index (χ0n) is 10.3. The number of aromatic nitrogens is 1. The maximum absolute atomic E-state index is 5.81. The van der Waals surface area contributed by atoms with Gasteiger partial charge < -0.3 is 10.5 Å². The van der Waals surface area contributed by atoms with Crippen LogP contribution in [0.1, 0.15) is 45.0 Å². The van der Waals surface area contributed by atoms with Gasteiger partial charge in [0.25, 0.3) is 0 Å². The molecule has 0 atom stereocenters. The van der Waals surface area contributed by atoms with Crippen molar-refractivity contribution in [3.8, 4) is 5.75 Å². The minimum Gasteiger partial charge on any atom is -0.490 e. The summed E-state index contributed by atoms with van der Waals surface area (Å²) in [5.74, 6) is 0.919. The molecule has 0 unspecified atom stereocenters. The Morgan fingerprint density at radius 1 is 1.38 bits per heavy atom. The molecule has 88 valence electrons. The zero-order valence-corrected chi connectivity index (χ0v) is 10.3. The molecule has 1 saturated carbocycles. The van der Waals surface area contributed by atoms with Crippen molar-refractivity contribution in [2.75, 3.05) is 0 Å². The van der Waals surface area contributed by atoms with Crippen LogP contribution < -0.4 is 10.5 Å². The number of rotatable bonds is 3. The van der Waals surface area contributed by atoms with Crippen molar-refractivity contribution < 1.29 is 4.74 Å². The lowest BCUT2D eigenvalue weighted by Crippen LogP contribution is -2.16. The monoisotopic (exact) mass is 220 g/mol. The summed E-state index contributed by atoms with van der Waals surface area (Å²) in [7, 11) is 0. The van der Waals surface area contributed by atoms with Gasteiger partial charge in [-0.3, -0.25) is 4.98 Å². The van der Waals surface area contributed by atoms with E-state index in [0.29, 0.717) is 12.6 Å². The molecule has 16 heavy (non-hydrogen) atoms. The summed E-state index contributed by atoms with van der Waals surface area (Å²) >= 11 is 0. The van der Waals surface area contributed by atoms with E-state index < -0.39 is 0 Å². The number of ether oxygens (including phenoxy) is 1. The van der Waals surface area contributed by atoms with Crippen LogP contribution in [0.3, 0.4) is 0 Å². The van der Waals surface area contributed by atoms with E-state index in [0.717, 1.165) is 17.1 Å². The van der Waals surface area contributed by atoms with Crippen LogP contribution in [0, 0.1) is 0 Å². The van der Waals surface area contributed by atoms with Gasteiger partial charge in [0.1, 0.15) is 5.75 Å². The summed E-state index contributed by atoms with van der Waals surface area (Å²) in [4.78, 5) is 4.55. The average Bonchev–Trinajstić information content (AvgIpc) is 3.00. The predicted molar refractivity (Wildman–Crippen MR) is 64.5 cm³/mol. The third-order valence-electron chi connectivity index (χ3n) is 2.66. The lowest BCUT2D eigenvalue weighted by Gasteiger charge is -2.19. The molecule has 1 aliphatic carbocycles. The number of hydrogen-bond acceptors (Lipinski definition) is 3. The highest BCUT2D eigenvalue weighted by Gasteiger charge is 2.25. The Kier molecular flexibility index (Phi) is 2.89. The van der Waals surface area contributed by atoms with Gasteiger partial charge in [-0.25, -0.2) is 0 Å².